The molecule has 0 aromatic heterocycles. The maximum absolute atomic E-state index is 5.49. The Morgan fingerprint density at radius 1 is 1.27 bits per heavy atom. The lowest BCUT2D eigenvalue weighted by Gasteiger charge is -2.22. The molecule has 1 aliphatic heterocycles. The summed E-state index contributed by atoms with van der Waals surface area (Å²) in [5, 5.41) is 3.46. The zero-order chi connectivity index (χ0) is 10.8. The second kappa shape index (κ2) is 9.40. The number of alkyl halides is 1. The van der Waals surface area contributed by atoms with Crippen molar-refractivity contribution in [3.05, 3.63) is 0 Å². The van der Waals surface area contributed by atoms with Gasteiger partial charge in [0.2, 0.25) is 0 Å². The Morgan fingerprint density at radius 3 is 2.80 bits per heavy atom. The van der Waals surface area contributed by atoms with Crippen LogP contribution < -0.4 is 5.32 Å². The molecule has 4 heteroatoms. The maximum atomic E-state index is 5.49. The molecule has 0 unspecified atom stereocenters. The Hall–Kier alpha value is 0.170. The minimum atomic E-state index is 0.593. The van der Waals surface area contributed by atoms with Gasteiger partial charge >= 0.3 is 0 Å². The molecular weight excluding hydrogens is 214 g/mol. The first-order valence-electron chi connectivity index (χ1n) is 5.85. The molecule has 0 saturated carbocycles. The monoisotopic (exact) mass is 235 g/mol. The molecule has 1 aliphatic rings. The van der Waals surface area contributed by atoms with E-state index < -0.39 is 0 Å². The highest BCUT2D eigenvalue weighted by Gasteiger charge is 2.12. The van der Waals surface area contributed by atoms with E-state index in [0.717, 1.165) is 45.2 Å². The summed E-state index contributed by atoms with van der Waals surface area (Å²) in [4.78, 5) is 0. The summed E-state index contributed by atoms with van der Waals surface area (Å²) >= 11 is 5.49. The molecule has 0 aliphatic carbocycles. The maximum Gasteiger partial charge on any atom is 0.0601 e. The molecular formula is C11H22ClNO2. The molecule has 90 valence electrons. The van der Waals surface area contributed by atoms with Crippen LogP contribution in [0.25, 0.3) is 0 Å². The third kappa shape index (κ3) is 7.12. The number of hydrogen-bond acceptors (Lipinski definition) is 3. The minimum absolute atomic E-state index is 0.593. The first-order valence-corrected chi connectivity index (χ1v) is 6.39. The fourth-order valence-corrected chi connectivity index (χ4v) is 1.82. The fourth-order valence-electron chi connectivity index (χ4n) is 1.71. The van der Waals surface area contributed by atoms with Crippen LogP contribution in [-0.2, 0) is 9.47 Å². The Morgan fingerprint density at radius 2 is 2.07 bits per heavy atom. The molecule has 3 nitrogen and oxygen atoms in total. The van der Waals surface area contributed by atoms with Crippen LogP contribution in [0.15, 0.2) is 0 Å². The number of nitrogens with one attached hydrogen (secondary N) is 1. The van der Waals surface area contributed by atoms with E-state index in [0.29, 0.717) is 12.5 Å². The van der Waals surface area contributed by atoms with Gasteiger partial charge in [0.05, 0.1) is 6.61 Å². The molecule has 15 heavy (non-hydrogen) atoms. The summed E-state index contributed by atoms with van der Waals surface area (Å²) in [7, 11) is 0. The van der Waals surface area contributed by atoms with E-state index >= 15 is 0 Å². The van der Waals surface area contributed by atoms with E-state index in [4.69, 9.17) is 21.1 Å². The first-order chi connectivity index (χ1) is 7.43. The predicted molar refractivity (Wildman–Crippen MR) is 62.6 cm³/mol. The van der Waals surface area contributed by atoms with Crippen molar-refractivity contribution in [3.8, 4) is 0 Å². The quantitative estimate of drug-likeness (QED) is 0.513. The van der Waals surface area contributed by atoms with E-state index in [2.05, 4.69) is 5.32 Å². The van der Waals surface area contributed by atoms with Crippen LogP contribution in [0.3, 0.4) is 0 Å². The molecule has 1 fully saturated rings. The summed E-state index contributed by atoms with van der Waals surface area (Å²) in [6.07, 6.45) is 3.48. The molecule has 0 aromatic carbocycles. The van der Waals surface area contributed by atoms with E-state index in [1.54, 1.807) is 0 Å². The molecule has 1 heterocycles. The van der Waals surface area contributed by atoms with Crippen LogP contribution in [0.2, 0.25) is 0 Å². The third-order valence-corrected chi connectivity index (χ3v) is 2.79. The van der Waals surface area contributed by atoms with Crippen LogP contribution in [-0.4, -0.2) is 45.4 Å². The van der Waals surface area contributed by atoms with Crippen molar-refractivity contribution >= 4 is 11.6 Å². The summed E-state index contributed by atoms with van der Waals surface area (Å²) in [6, 6.07) is 0. The molecule has 0 aromatic rings. The summed E-state index contributed by atoms with van der Waals surface area (Å²) in [5.74, 6) is 1.40. The van der Waals surface area contributed by atoms with Crippen molar-refractivity contribution in [3.63, 3.8) is 0 Å². The zero-order valence-electron chi connectivity index (χ0n) is 9.34. The summed E-state index contributed by atoms with van der Waals surface area (Å²) in [6.45, 7) is 5.52. The minimum Gasteiger partial charge on any atom is -0.381 e. The number of rotatable bonds is 8. The van der Waals surface area contributed by atoms with Gasteiger partial charge in [-0.25, -0.2) is 0 Å². The van der Waals surface area contributed by atoms with Crippen LogP contribution in [0.4, 0.5) is 0 Å². The van der Waals surface area contributed by atoms with Crippen LogP contribution in [0, 0.1) is 5.92 Å². The molecule has 0 spiro atoms. The van der Waals surface area contributed by atoms with Gasteiger partial charge in [-0.1, -0.05) is 0 Å². The van der Waals surface area contributed by atoms with Gasteiger partial charge in [-0.15, -0.1) is 11.6 Å². The zero-order valence-corrected chi connectivity index (χ0v) is 10.1. The number of ether oxygens (including phenoxy) is 2. The lowest BCUT2D eigenvalue weighted by atomic mass is 10.0. The highest BCUT2D eigenvalue weighted by Crippen LogP contribution is 2.12. The van der Waals surface area contributed by atoms with Crippen molar-refractivity contribution in [2.24, 2.45) is 5.92 Å². The van der Waals surface area contributed by atoms with Gasteiger partial charge in [0.1, 0.15) is 0 Å². The second-order valence-corrected chi connectivity index (χ2v) is 4.29. The van der Waals surface area contributed by atoms with E-state index in [-0.39, 0.29) is 0 Å². The third-order valence-electron chi connectivity index (χ3n) is 2.64. The van der Waals surface area contributed by atoms with Crippen LogP contribution in [0.5, 0.6) is 0 Å². The standard InChI is InChI=1S/C11H22ClNO2/c12-4-9-14-6-1-5-13-10-11-2-7-15-8-3-11/h11,13H,1-10H2. The average Bonchev–Trinajstić information content (AvgIpc) is 2.29. The van der Waals surface area contributed by atoms with Crippen molar-refractivity contribution in [1.29, 1.82) is 0 Å². The highest BCUT2D eigenvalue weighted by molar-refractivity contribution is 6.17. The molecule has 0 amide bonds. The predicted octanol–water partition coefficient (Wildman–Crippen LogP) is 1.65. The van der Waals surface area contributed by atoms with E-state index in [1.807, 2.05) is 0 Å². The van der Waals surface area contributed by atoms with Crippen molar-refractivity contribution < 1.29 is 9.47 Å². The highest BCUT2D eigenvalue weighted by atomic mass is 35.5. The van der Waals surface area contributed by atoms with Gasteiger partial charge in [-0.3, -0.25) is 0 Å². The van der Waals surface area contributed by atoms with E-state index in [9.17, 15) is 0 Å². The van der Waals surface area contributed by atoms with E-state index in [1.165, 1.54) is 12.8 Å². The smallest absolute Gasteiger partial charge is 0.0601 e. The lowest BCUT2D eigenvalue weighted by Crippen LogP contribution is -2.28. The van der Waals surface area contributed by atoms with Gasteiger partial charge in [0.15, 0.2) is 0 Å². The molecule has 0 radical (unpaired) electrons. The molecule has 1 saturated heterocycles. The Labute approximate surface area is 97.5 Å². The second-order valence-electron chi connectivity index (χ2n) is 3.91. The normalized spacial score (nSPS) is 18.2. The van der Waals surface area contributed by atoms with Gasteiger partial charge in [0.25, 0.3) is 0 Å². The van der Waals surface area contributed by atoms with Crippen LogP contribution in [0.1, 0.15) is 19.3 Å². The Bertz CT molecular complexity index is 141. The van der Waals surface area contributed by atoms with Gasteiger partial charge in [-0.05, 0) is 38.3 Å². The van der Waals surface area contributed by atoms with Crippen molar-refractivity contribution in [2.45, 2.75) is 19.3 Å². The van der Waals surface area contributed by atoms with Crippen molar-refractivity contribution in [1.82, 2.24) is 5.32 Å². The fraction of sp³-hybridized carbons (Fsp3) is 1.00. The average molecular weight is 236 g/mol. The molecule has 0 atom stereocenters. The Balaban J connectivity index is 1.79. The summed E-state index contributed by atoms with van der Waals surface area (Å²) < 4.78 is 10.6. The Kier molecular flexibility index (Phi) is 8.29. The SMILES string of the molecule is ClCCOCCCNCC1CCOCC1. The van der Waals surface area contributed by atoms with Crippen LogP contribution >= 0.6 is 11.6 Å². The van der Waals surface area contributed by atoms with Gasteiger partial charge < -0.3 is 14.8 Å². The van der Waals surface area contributed by atoms with Gasteiger partial charge in [0, 0.05) is 25.7 Å². The first kappa shape index (κ1) is 13.2. The molecule has 1 rings (SSSR count). The number of halogens is 1. The molecule has 0 bridgehead atoms. The number of hydrogen-bond donors (Lipinski definition) is 1. The van der Waals surface area contributed by atoms with Crippen molar-refractivity contribution in [2.75, 3.05) is 45.4 Å². The molecule has 1 N–H and O–H groups in total. The summed E-state index contributed by atoms with van der Waals surface area (Å²) in [5.41, 5.74) is 0. The lowest BCUT2D eigenvalue weighted by molar-refractivity contribution is 0.0660. The topological polar surface area (TPSA) is 30.5 Å². The largest absolute Gasteiger partial charge is 0.381 e. The van der Waals surface area contributed by atoms with Gasteiger partial charge in [-0.2, -0.15) is 0 Å².